The van der Waals surface area contributed by atoms with Gasteiger partial charge in [-0.15, -0.1) is 0 Å². The van der Waals surface area contributed by atoms with E-state index in [0.29, 0.717) is 5.69 Å². The molecule has 0 aliphatic rings. The molecule has 162 valence electrons. The Kier molecular flexibility index (Phi) is 6.27. The molecule has 0 spiro atoms. The van der Waals surface area contributed by atoms with Crippen LogP contribution in [-0.2, 0) is 20.0 Å². The summed E-state index contributed by atoms with van der Waals surface area (Å²) in [4.78, 5) is 16.6. The molecule has 0 bridgehead atoms. The molecular formula is C20H20N4O5S2. The van der Waals surface area contributed by atoms with Crippen molar-refractivity contribution in [3.8, 4) is 0 Å². The van der Waals surface area contributed by atoms with E-state index < -0.39 is 26.0 Å². The predicted molar refractivity (Wildman–Crippen MR) is 119 cm³/mol. The van der Waals surface area contributed by atoms with E-state index in [1.807, 2.05) is 0 Å². The van der Waals surface area contributed by atoms with Crippen LogP contribution >= 0.6 is 0 Å². The van der Waals surface area contributed by atoms with Gasteiger partial charge in [-0.25, -0.2) is 21.8 Å². The van der Waals surface area contributed by atoms with Crippen LogP contribution in [0.15, 0.2) is 77.8 Å². The molecule has 0 aliphatic carbocycles. The summed E-state index contributed by atoms with van der Waals surface area (Å²) in [7, 11) is -6.04. The van der Waals surface area contributed by atoms with Crippen LogP contribution in [0.3, 0.4) is 0 Å². The summed E-state index contributed by atoms with van der Waals surface area (Å²) in [6, 6.07) is 16.7. The molecular weight excluding hydrogens is 440 g/mol. The van der Waals surface area contributed by atoms with Crippen molar-refractivity contribution in [1.82, 2.24) is 4.98 Å². The fourth-order valence-corrected chi connectivity index (χ4v) is 4.18. The maximum atomic E-state index is 12.7. The number of carbonyl (C=O) groups is 1. The van der Waals surface area contributed by atoms with Crippen LogP contribution in [0, 0.1) is 0 Å². The van der Waals surface area contributed by atoms with Crippen molar-refractivity contribution < 1.29 is 21.6 Å². The minimum absolute atomic E-state index is 0.00615. The van der Waals surface area contributed by atoms with Crippen molar-refractivity contribution >= 4 is 43.1 Å². The van der Waals surface area contributed by atoms with Crippen LogP contribution in [0.1, 0.15) is 10.4 Å². The number of nitrogens with one attached hydrogen (secondary N) is 2. The number of anilines is 3. The van der Waals surface area contributed by atoms with Crippen molar-refractivity contribution in [2.45, 2.75) is 4.90 Å². The van der Waals surface area contributed by atoms with Gasteiger partial charge >= 0.3 is 0 Å². The number of pyridine rings is 1. The first-order valence-corrected chi connectivity index (χ1v) is 12.3. The molecule has 0 fully saturated rings. The Morgan fingerprint density at radius 3 is 2.16 bits per heavy atom. The summed E-state index contributed by atoms with van der Waals surface area (Å²) >= 11 is 0. The first kappa shape index (κ1) is 22.2. The van der Waals surface area contributed by atoms with E-state index in [2.05, 4.69) is 15.0 Å². The van der Waals surface area contributed by atoms with Crippen molar-refractivity contribution in [3.05, 3.63) is 78.5 Å². The molecule has 0 radical (unpaired) electrons. The lowest BCUT2D eigenvalue weighted by molar-refractivity contribution is 0.102. The van der Waals surface area contributed by atoms with E-state index in [0.717, 1.165) is 10.6 Å². The Bertz CT molecular complexity index is 1290. The van der Waals surface area contributed by atoms with Crippen molar-refractivity contribution in [3.63, 3.8) is 0 Å². The number of sulfonamides is 2. The van der Waals surface area contributed by atoms with Crippen molar-refractivity contribution in [1.29, 1.82) is 0 Å². The zero-order chi connectivity index (χ0) is 22.6. The van der Waals surface area contributed by atoms with Crippen LogP contribution in [0.5, 0.6) is 0 Å². The highest BCUT2D eigenvalue weighted by Gasteiger charge is 2.20. The van der Waals surface area contributed by atoms with Crippen LogP contribution < -0.4 is 14.3 Å². The van der Waals surface area contributed by atoms with Crippen LogP contribution in [-0.4, -0.2) is 41.0 Å². The highest BCUT2D eigenvalue weighted by atomic mass is 32.2. The fraction of sp³-hybridized carbons (Fsp3) is 0.100. The molecule has 0 saturated carbocycles. The van der Waals surface area contributed by atoms with Gasteiger partial charge in [0.2, 0.25) is 10.0 Å². The predicted octanol–water partition coefficient (Wildman–Crippen LogP) is 2.53. The third-order valence-corrected chi connectivity index (χ3v) is 6.87. The molecule has 1 aromatic heterocycles. The van der Waals surface area contributed by atoms with Crippen LogP contribution in [0.25, 0.3) is 0 Å². The van der Waals surface area contributed by atoms with Gasteiger partial charge in [0.1, 0.15) is 5.82 Å². The lowest BCUT2D eigenvalue weighted by Crippen LogP contribution is -2.27. The quantitative estimate of drug-likeness (QED) is 0.558. The van der Waals surface area contributed by atoms with E-state index >= 15 is 0 Å². The number of nitrogens with zero attached hydrogens (tertiary/aromatic N) is 2. The summed E-state index contributed by atoms with van der Waals surface area (Å²) in [5.74, 6) is -0.347. The molecule has 0 atom stereocenters. The lowest BCUT2D eigenvalue weighted by Gasteiger charge is -2.19. The second-order valence-corrected chi connectivity index (χ2v) is 10.2. The number of hydrogen-bond acceptors (Lipinski definition) is 6. The van der Waals surface area contributed by atoms with Crippen LogP contribution in [0.2, 0.25) is 0 Å². The average molecular weight is 461 g/mol. The normalized spacial score (nSPS) is 11.5. The Morgan fingerprint density at radius 1 is 0.903 bits per heavy atom. The topological polar surface area (TPSA) is 126 Å². The van der Waals surface area contributed by atoms with Crippen LogP contribution in [0.4, 0.5) is 17.2 Å². The first-order valence-electron chi connectivity index (χ1n) is 8.96. The Balaban J connectivity index is 1.79. The zero-order valence-corrected chi connectivity index (χ0v) is 18.3. The van der Waals surface area contributed by atoms with Gasteiger partial charge in [-0.3, -0.25) is 13.8 Å². The van der Waals surface area contributed by atoms with Crippen molar-refractivity contribution in [2.24, 2.45) is 0 Å². The summed E-state index contributed by atoms with van der Waals surface area (Å²) in [5.41, 5.74) is 0.726. The number of benzene rings is 2. The van der Waals surface area contributed by atoms with E-state index in [-0.39, 0.29) is 22.0 Å². The molecule has 0 aliphatic heterocycles. The Hall–Kier alpha value is -3.44. The molecule has 0 saturated heterocycles. The summed E-state index contributed by atoms with van der Waals surface area (Å²) in [6.45, 7) is 0. The van der Waals surface area contributed by atoms with Gasteiger partial charge in [0.25, 0.3) is 15.9 Å². The minimum atomic E-state index is -3.84. The summed E-state index contributed by atoms with van der Waals surface area (Å²) in [6.07, 6.45) is 2.51. The van der Waals surface area contributed by atoms with Gasteiger partial charge in [0.15, 0.2) is 0 Å². The standard InChI is InChI=1S/C20H20N4O5S2/c1-24(30(2,26)27)18-8-4-3-7-17(18)20(25)22-15-10-12-16(13-11-15)31(28,29)23-19-9-5-6-14-21-19/h3-14H,1-2H3,(H,21,23)(H,22,25). The first-order chi connectivity index (χ1) is 14.6. The third kappa shape index (κ3) is 5.38. The van der Waals surface area contributed by atoms with E-state index in [1.165, 1.54) is 55.7 Å². The van der Waals surface area contributed by atoms with Gasteiger partial charge in [-0.2, -0.15) is 0 Å². The van der Waals surface area contributed by atoms with Crippen molar-refractivity contribution in [2.75, 3.05) is 27.6 Å². The van der Waals surface area contributed by atoms with E-state index in [1.54, 1.807) is 24.3 Å². The molecule has 9 nitrogen and oxygen atoms in total. The number of rotatable bonds is 7. The maximum Gasteiger partial charge on any atom is 0.263 e. The zero-order valence-electron chi connectivity index (χ0n) is 16.7. The monoisotopic (exact) mass is 460 g/mol. The van der Waals surface area contributed by atoms with Gasteiger partial charge in [0.05, 0.1) is 22.4 Å². The highest BCUT2D eigenvalue weighted by molar-refractivity contribution is 7.92. The fourth-order valence-electron chi connectivity index (χ4n) is 2.65. The molecule has 2 N–H and O–H groups in total. The number of amides is 1. The second kappa shape index (κ2) is 8.74. The second-order valence-electron chi connectivity index (χ2n) is 6.55. The Labute approximate surface area is 180 Å². The molecule has 11 heteroatoms. The number of carbonyl (C=O) groups excluding carboxylic acids is 1. The van der Waals surface area contributed by atoms with Gasteiger partial charge in [-0.05, 0) is 48.5 Å². The average Bonchev–Trinajstić information content (AvgIpc) is 2.73. The largest absolute Gasteiger partial charge is 0.322 e. The SMILES string of the molecule is CN(c1ccccc1C(=O)Nc1ccc(S(=O)(=O)Nc2ccccn2)cc1)S(C)(=O)=O. The van der Waals surface area contributed by atoms with Gasteiger partial charge < -0.3 is 5.32 Å². The molecule has 3 aromatic rings. The molecule has 3 rings (SSSR count). The molecule has 1 heterocycles. The minimum Gasteiger partial charge on any atom is -0.322 e. The van der Waals surface area contributed by atoms with Gasteiger partial charge in [0, 0.05) is 18.9 Å². The molecule has 31 heavy (non-hydrogen) atoms. The highest BCUT2D eigenvalue weighted by Crippen LogP contribution is 2.23. The van der Waals surface area contributed by atoms with Gasteiger partial charge in [-0.1, -0.05) is 18.2 Å². The molecule has 0 unspecified atom stereocenters. The van der Waals surface area contributed by atoms with E-state index in [4.69, 9.17) is 0 Å². The Morgan fingerprint density at radius 2 is 1.55 bits per heavy atom. The third-order valence-electron chi connectivity index (χ3n) is 4.31. The number of para-hydroxylation sites is 1. The molecule has 2 aromatic carbocycles. The maximum absolute atomic E-state index is 12.7. The summed E-state index contributed by atoms with van der Waals surface area (Å²) in [5, 5.41) is 2.65. The number of hydrogen-bond donors (Lipinski definition) is 2. The smallest absolute Gasteiger partial charge is 0.263 e. The number of aromatic nitrogens is 1. The molecule has 1 amide bonds. The summed E-state index contributed by atoms with van der Waals surface area (Å²) < 4.78 is 52.0. The lowest BCUT2D eigenvalue weighted by atomic mass is 10.1. The van der Waals surface area contributed by atoms with E-state index in [9.17, 15) is 21.6 Å².